The molecule has 2 rings (SSSR count). The Bertz CT molecular complexity index is 457. The molecule has 0 spiro atoms. The molecule has 15 heavy (non-hydrogen) atoms. The quantitative estimate of drug-likeness (QED) is 0.777. The second kappa shape index (κ2) is 4.00. The molecule has 1 aromatic heterocycles. The normalized spacial score (nSPS) is 10.1. The van der Waals surface area contributed by atoms with Gasteiger partial charge in [-0.25, -0.2) is 0 Å². The molecule has 1 N–H and O–H groups in total. The van der Waals surface area contributed by atoms with Gasteiger partial charge in [0.25, 0.3) is 0 Å². The number of furan rings is 1. The van der Waals surface area contributed by atoms with Gasteiger partial charge in [0.05, 0.1) is 11.8 Å². The molecular formula is C12H10O3. The zero-order valence-electron chi connectivity index (χ0n) is 8.01. The van der Waals surface area contributed by atoms with E-state index in [1.807, 2.05) is 0 Å². The van der Waals surface area contributed by atoms with E-state index in [1.54, 1.807) is 30.3 Å². The van der Waals surface area contributed by atoms with Gasteiger partial charge in [0.15, 0.2) is 5.78 Å². The Kier molecular flexibility index (Phi) is 2.54. The van der Waals surface area contributed by atoms with E-state index in [0.717, 1.165) is 5.56 Å². The lowest BCUT2D eigenvalue weighted by Gasteiger charge is -1.99. The Labute approximate surface area is 87.0 Å². The molecule has 0 saturated heterocycles. The molecule has 0 saturated carbocycles. The van der Waals surface area contributed by atoms with Gasteiger partial charge in [-0.1, -0.05) is 12.1 Å². The highest BCUT2D eigenvalue weighted by Gasteiger charge is 2.08. The van der Waals surface area contributed by atoms with Gasteiger partial charge in [0.1, 0.15) is 12.0 Å². The van der Waals surface area contributed by atoms with Crippen LogP contribution in [0.4, 0.5) is 0 Å². The number of Topliss-reactive ketones (excluding diaryl/α,β-unsaturated/α-hetero) is 1. The molecule has 0 aliphatic heterocycles. The molecule has 76 valence electrons. The Hall–Kier alpha value is -2.03. The molecule has 0 fully saturated rings. The van der Waals surface area contributed by atoms with Crippen molar-refractivity contribution in [2.75, 3.05) is 0 Å². The maximum atomic E-state index is 11.6. The van der Waals surface area contributed by atoms with Crippen LogP contribution in [0.5, 0.6) is 5.75 Å². The van der Waals surface area contributed by atoms with Crippen LogP contribution in [-0.2, 0) is 6.42 Å². The van der Waals surface area contributed by atoms with Crippen molar-refractivity contribution in [3.05, 3.63) is 54.0 Å². The van der Waals surface area contributed by atoms with Gasteiger partial charge in [0.2, 0.25) is 0 Å². The molecule has 0 bridgehead atoms. The van der Waals surface area contributed by atoms with Gasteiger partial charge in [-0.2, -0.15) is 0 Å². The molecule has 0 atom stereocenters. The van der Waals surface area contributed by atoms with E-state index in [-0.39, 0.29) is 18.0 Å². The van der Waals surface area contributed by atoms with Crippen LogP contribution in [0.1, 0.15) is 15.9 Å². The van der Waals surface area contributed by atoms with E-state index in [4.69, 9.17) is 4.42 Å². The van der Waals surface area contributed by atoms with Crippen LogP contribution in [0.15, 0.2) is 47.3 Å². The van der Waals surface area contributed by atoms with Crippen molar-refractivity contribution in [2.45, 2.75) is 6.42 Å². The number of hydrogen-bond donors (Lipinski definition) is 1. The predicted molar refractivity (Wildman–Crippen MR) is 54.8 cm³/mol. The van der Waals surface area contributed by atoms with Crippen LogP contribution in [0, 0.1) is 0 Å². The van der Waals surface area contributed by atoms with Crippen LogP contribution in [0.2, 0.25) is 0 Å². The summed E-state index contributed by atoms with van der Waals surface area (Å²) in [5, 5.41) is 9.23. The molecule has 1 heterocycles. The molecule has 2 aromatic rings. The average molecular weight is 202 g/mol. The highest BCUT2D eigenvalue weighted by Crippen LogP contribution is 2.13. The van der Waals surface area contributed by atoms with Gasteiger partial charge in [-0.05, 0) is 23.8 Å². The standard InChI is InChI=1S/C12H10O3/c13-11-3-1-2-9(6-11)7-12(14)10-4-5-15-8-10/h1-6,8,13H,7H2. The topological polar surface area (TPSA) is 50.4 Å². The zero-order chi connectivity index (χ0) is 10.7. The number of carbonyl (C=O) groups excluding carboxylic acids is 1. The third-order valence-electron chi connectivity index (χ3n) is 2.12. The van der Waals surface area contributed by atoms with Crippen molar-refractivity contribution in [3.8, 4) is 5.75 Å². The molecule has 0 unspecified atom stereocenters. The smallest absolute Gasteiger partial charge is 0.170 e. The lowest BCUT2D eigenvalue weighted by Crippen LogP contribution is -2.01. The number of rotatable bonds is 3. The zero-order valence-corrected chi connectivity index (χ0v) is 8.01. The summed E-state index contributed by atoms with van der Waals surface area (Å²) in [7, 11) is 0. The number of phenols is 1. The van der Waals surface area contributed by atoms with Gasteiger partial charge < -0.3 is 9.52 Å². The fraction of sp³-hybridized carbons (Fsp3) is 0.0833. The summed E-state index contributed by atoms with van der Waals surface area (Å²) in [4.78, 5) is 11.6. The highest BCUT2D eigenvalue weighted by atomic mass is 16.3. The van der Waals surface area contributed by atoms with E-state index in [0.29, 0.717) is 5.56 Å². The SMILES string of the molecule is O=C(Cc1cccc(O)c1)c1ccoc1. The van der Waals surface area contributed by atoms with Crippen molar-refractivity contribution in [3.63, 3.8) is 0 Å². The fourth-order valence-corrected chi connectivity index (χ4v) is 1.38. The van der Waals surface area contributed by atoms with Gasteiger partial charge >= 0.3 is 0 Å². The van der Waals surface area contributed by atoms with Crippen LogP contribution in [-0.4, -0.2) is 10.9 Å². The first-order chi connectivity index (χ1) is 7.25. The lowest BCUT2D eigenvalue weighted by atomic mass is 10.1. The van der Waals surface area contributed by atoms with Crippen molar-refractivity contribution in [1.82, 2.24) is 0 Å². The minimum absolute atomic E-state index is 0.0191. The molecule has 0 radical (unpaired) electrons. The van der Waals surface area contributed by atoms with Crippen molar-refractivity contribution >= 4 is 5.78 Å². The molecule has 3 nitrogen and oxygen atoms in total. The second-order valence-corrected chi connectivity index (χ2v) is 3.28. The van der Waals surface area contributed by atoms with Crippen LogP contribution in [0.3, 0.4) is 0 Å². The van der Waals surface area contributed by atoms with E-state index in [2.05, 4.69) is 0 Å². The minimum atomic E-state index is -0.0191. The maximum Gasteiger partial charge on any atom is 0.170 e. The first-order valence-corrected chi connectivity index (χ1v) is 4.59. The Balaban J connectivity index is 2.13. The van der Waals surface area contributed by atoms with Crippen LogP contribution in [0.25, 0.3) is 0 Å². The summed E-state index contributed by atoms with van der Waals surface area (Å²) in [6.07, 6.45) is 3.16. The van der Waals surface area contributed by atoms with E-state index >= 15 is 0 Å². The summed E-state index contributed by atoms with van der Waals surface area (Å²) in [6.45, 7) is 0. The first kappa shape index (κ1) is 9.52. The molecule has 1 aromatic carbocycles. The number of aromatic hydroxyl groups is 1. The Morgan fingerprint density at radius 1 is 1.33 bits per heavy atom. The molecule has 3 heteroatoms. The third kappa shape index (κ3) is 2.26. The summed E-state index contributed by atoms with van der Waals surface area (Å²) >= 11 is 0. The number of carbonyl (C=O) groups is 1. The number of ketones is 1. The molecular weight excluding hydrogens is 192 g/mol. The number of benzene rings is 1. The van der Waals surface area contributed by atoms with Crippen molar-refractivity contribution < 1.29 is 14.3 Å². The largest absolute Gasteiger partial charge is 0.508 e. The minimum Gasteiger partial charge on any atom is -0.508 e. The lowest BCUT2D eigenvalue weighted by molar-refractivity contribution is 0.0992. The van der Waals surface area contributed by atoms with Crippen molar-refractivity contribution in [2.24, 2.45) is 0 Å². The summed E-state index contributed by atoms with van der Waals surface area (Å²) in [5.41, 5.74) is 1.35. The highest BCUT2D eigenvalue weighted by molar-refractivity contribution is 5.97. The summed E-state index contributed by atoms with van der Waals surface area (Å²) in [5.74, 6) is 0.154. The fourth-order valence-electron chi connectivity index (χ4n) is 1.38. The van der Waals surface area contributed by atoms with Crippen molar-refractivity contribution in [1.29, 1.82) is 0 Å². The Morgan fingerprint density at radius 3 is 2.87 bits per heavy atom. The molecule has 0 aliphatic rings. The van der Waals surface area contributed by atoms with E-state index in [9.17, 15) is 9.90 Å². The number of phenolic OH excluding ortho intramolecular Hbond substituents is 1. The van der Waals surface area contributed by atoms with E-state index < -0.39 is 0 Å². The second-order valence-electron chi connectivity index (χ2n) is 3.28. The first-order valence-electron chi connectivity index (χ1n) is 4.59. The summed E-state index contributed by atoms with van der Waals surface area (Å²) in [6, 6.07) is 8.31. The van der Waals surface area contributed by atoms with E-state index in [1.165, 1.54) is 12.5 Å². The maximum absolute atomic E-state index is 11.6. The number of hydrogen-bond acceptors (Lipinski definition) is 3. The van der Waals surface area contributed by atoms with Gasteiger partial charge in [-0.15, -0.1) is 0 Å². The molecule has 0 amide bonds. The summed E-state index contributed by atoms with van der Waals surface area (Å²) < 4.78 is 4.83. The van der Waals surface area contributed by atoms with Crippen LogP contribution >= 0.6 is 0 Å². The average Bonchev–Trinajstić information content (AvgIpc) is 2.70. The van der Waals surface area contributed by atoms with Gasteiger partial charge in [0, 0.05) is 6.42 Å². The van der Waals surface area contributed by atoms with Crippen LogP contribution < -0.4 is 0 Å². The third-order valence-corrected chi connectivity index (χ3v) is 2.12. The predicted octanol–water partition coefficient (Wildman–Crippen LogP) is 2.41. The van der Waals surface area contributed by atoms with Gasteiger partial charge in [-0.3, -0.25) is 4.79 Å². The Morgan fingerprint density at radius 2 is 2.20 bits per heavy atom. The molecule has 0 aliphatic carbocycles. The monoisotopic (exact) mass is 202 g/mol.